The van der Waals surface area contributed by atoms with Crippen LogP contribution in [-0.2, 0) is 10.0 Å². The second-order valence-corrected chi connectivity index (χ2v) is 5.21. The Hall–Kier alpha value is -1.51. The summed E-state index contributed by atoms with van der Waals surface area (Å²) in [6, 6.07) is 1.89. The summed E-state index contributed by atoms with van der Waals surface area (Å²) >= 11 is 5.64. The zero-order valence-corrected chi connectivity index (χ0v) is 11.0. The van der Waals surface area contributed by atoms with E-state index in [4.69, 9.17) is 16.7 Å². The molecule has 5 N–H and O–H groups in total. The maximum atomic E-state index is 11.3. The van der Waals surface area contributed by atoms with Gasteiger partial charge in [0.05, 0.1) is 10.7 Å². The maximum Gasteiger partial charge on any atom is 0.319 e. The molecule has 0 saturated carbocycles. The minimum atomic E-state index is -4.19. The van der Waals surface area contributed by atoms with E-state index >= 15 is 0 Å². The third-order valence-corrected chi connectivity index (χ3v) is 3.36. The average molecular weight is 294 g/mol. The Morgan fingerprint density at radius 1 is 1.50 bits per heavy atom. The Balaban J connectivity index is 3.22. The maximum absolute atomic E-state index is 11.3. The summed E-state index contributed by atoms with van der Waals surface area (Å²) in [6.45, 7) is 2.08. The summed E-state index contributed by atoms with van der Waals surface area (Å²) in [7, 11) is -4.19. The summed E-state index contributed by atoms with van der Waals surface area (Å²) in [5, 5.41) is 19.1. The fourth-order valence-electron chi connectivity index (χ4n) is 1.25. The molecule has 0 saturated heterocycles. The first-order valence-corrected chi connectivity index (χ1v) is 6.79. The Kier molecular flexibility index (Phi) is 4.38. The number of nitrogens with one attached hydrogen (secondary N) is 2. The highest BCUT2D eigenvalue weighted by Gasteiger charge is 2.21. The van der Waals surface area contributed by atoms with Crippen LogP contribution >= 0.6 is 11.6 Å². The average Bonchev–Trinajstić information content (AvgIpc) is 2.21. The first-order chi connectivity index (χ1) is 8.27. The first-order valence-electron chi connectivity index (χ1n) is 4.86. The standard InChI is InChI=1S/C9H12ClN3O4S/c1-2-12-9(15)13-6-4-3-5(10)8(7(6)14)18(11,16)17/h3-4,14H,2H2,1H3,(H2,11,16,17)(H2,12,13,15). The summed E-state index contributed by atoms with van der Waals surface area (Å²) < 4.78 is 22.5. The smallest absolute Gasteiger partial charge is 0.319 e. The van der Waals surface area contributed by atoms with Crippen molar-refractivity contribution in [2.75, 3.05) is 11.9 Å². The lowest BCUT2D eigenvalue weighted by Gasteiger charge is -2.11. The lowest BCUT2D eigenvalue weighted by molar-refractivity contribution is 0.252. The van der Waals surface area contributed by atoms with Crippen molar-refractivity contribution in [2.24, 2.45) is 5.14 Å². The monoisotopic (exact) mass is 293 g/mol. The number of rotatable bonds is 3. The molecular formula is C9H12ClN3O4S. The van der Waals surface area contributed by atoms with Gasteiger partial charge in [-0.15, -0.1) is 0 Å². The Bertz CT molecular complexity index is 573. The zero-order valence-electron chi connectivity index (χ0n) is 9.40. The van der Waals surface area contributed by atoms with E-state index in [0.717, 1.165) is 0 Å². The fourth-order valence-corrected chi connectivity index (χ4v) is 2.44. The van der Waals surface area contributed by atoms with Crippen molar-refractivity contribution in [3.63, 3.8) is 0 Å². The van der Waals surface area contributed by atoms with Gasteiger partial charge in [-0.25, -0.2) is 18.4 Å². The predicted molar refractivity (Wildman–Crippen MR) is 67.2 cm³/mol. The van der Waals surface area contributed by atoms with Gasteiger partial charge in [0.25, 0.3) is 0 Å². The number of phenols is 1. The van der Waals surface area contributed by atoms with E-state index in [1.807, 2.05) is 0 Å². The second-order valence-electron chi connectivity index (χ2n) is 3.30. The number of benzene rings is 1. The quantitative estimate of drug-likeness (QED) is 0.617. The highest BCUT2D eigenvalue weighted by atomic mass is 35.5. The highest BCUT2D eigenvalue weighted by Crippen LogP contribution is 2.35. The van der Waals surface area contributed by atoms with Gasteiger partial charge in [-0.05, 0) is 19.1 Å². The van der Waals surface area contributed by atoms with Gasteiger partial charge in [0.15, 0.2) is 5.75 Å². The molecule has 0 fully saturated rings. The molecule has 0 aliphatic heterocycles. The number of amides is 2. The van der Waals surface area contributed by atoms with Crippen LogP contribution in [0, 0.1) is 0 Å². The van der Waals surface area contributed by atoms with E-state index in [1.54, 1.807) is 6.92 Å². The van der Waals surface area contributed by atoms with E-state index in [0.29, 0.717) is 6.54 Å². The lowest BCUT2D eigenvalue weighted by Crippen LogP contribution is -2.28. The number of hydrogen-bond donors (Lipinski definition) is 4. The number of hydrogen-bond acceptors (Lipinski definition) is 4. The summed E-state index contributed by atoms with van der Waals surface area (Å²) in [6.07, 6.45) is 0. The Morgan fingerprint density at radius 2 is 2.11 bits per heavy atom. The number of halogens is 1. The van der Waals surface area contributed by atoms with Crippen molar-refractivity contribution in [3.05, 3.63) is 17.2 Å². The van der Waals surface area contributed by atoms with Crippen LogP contribution in [0.4, 0.5) is 10.5 Å². The molecule has 0 spiro atoms. The fraction of sp³-hybridized carbons (Fsp3) is 0.222. The van der Waals surface area contributed by atoms with Crippen molar-refractivity contribution in [1.82, 2.24) is 5.32 Å². The number of nitrogens with two attached hydrogens (primary N) is 1. The molecule has 0 unspecified atom stereocenters. The van der Waals surface area contributed by atoms with Crippen molar-refractivity contribution in [1.29, 1.82) is 0 Å². The van der Waals surface area contributed by atoms with E-state index in [2.05, 4.69) is 10.6 Å². The minimum absolute atomic E-state index is 0.102. The molecule has 1 rings (SSSR count). The van der Waals surface area contributed by atoms with E-state index < -0.39 is 26.7 Å². The van der Waals surface area contributed by atoms with Crippen molar-refractivity contribution in [3.8, 4) is 5.75 Å². The summed E-state index contributed by atoms with van der Waals surface area (Å²) in [5.41, 5.74) is -0.102. The third-order valence-electron chi connectivity index (χ3n) is 1.95. The van der Waals surface area contributed by atoms with Crippen LogP contribution in [0.15, 0.2) is 17.0 Å². The van der Waals surface area contributed by atoms with Gasteiger partial charge in [0.2, 0.25) is 10.0 Å². The van der Waals surface area contributed by atoms with Crippen LogP contribution in [0.1, 0.15) is 6.92 Å². The number of urea groups is 1. The first kappa shape index (κ1) is 14.6. The number of sulfonamides is 1. The summed E-state index contributed by atoms with van der Waals surface area (Å²) in [4.78, 5) is 10.6. The van der Waals surface area contributed by atoms with Crippen LogP contribution in [0.25, 0.3) is 0 Å². The van der Waals surface area contributed by atoms with Crippen LogP contribution < -0.4 is 15.8 Å². The lowest BCUT2D eigenvalue weighted by atomic mass is 10.3. The van der Waals surface area contributed by atoms with Gasteiger partial charge < -0.3 is 15.7 Å². The van der Waals surface area contributed by atoms with E-state index in [1.165, 1.54) is 12.1 Å². The number of aromatic hydroxyl groups is 1. The Morgan fingerprint density at radius 3 is 2.61 bits per heavy atom. The van der Waals surface area contributed by atoms with Gasteiger partial charge in [0, 0.05) is 6.54 Å². The third kappa shape index (κ3) is 3.25. The molecule has 0 aliphatic carbocycles. The minimum Gasteiger partial charge on any atom is -0.504 e. The van der Waals surface area contributed by atoms with Crippen LogP contribution in [-0.4, -0.2) is 26.1 Å². The Labute approximate surface area is 109 Å². The molecule has 0 aliphatic rings. The van der Waals surface area contributed by atoms with E-state index in [9.17, 15) is 18.3 Å². The molecule has 0 heterocycles. The normalized spacial score (nSPS) is 11.1. The molecule has 0 atom stereocenters. The summed E-state index contributed by atoms with van der Waals surface area (Å²) in [5.74, 6) is -0.698. The van der Waals surface area contributed by atoms with Gasteiger partial charge in [0.1, 0.15) is 4.90 Å². The molecule has 9 heteroatoms. The highest BCUT2D eigenvalue weighted by molar-refractivity contribution is 7.89. The second kappa shape index (κ2) is 5.42. The van der Waals surface area contributed by atoms with Gasteiger partial charge in [-0.2, -0.15) is 0 Å². The van der Waals surface area contributed by atoms with Crippen molar-refractivity contribution >= 4 is 33.3 Å². The molecule has 0 radical (unpaired) electrons. The molecular weight excluding hydrogens is 282 g/mol. The molecule has 100 valence electrons. The van der Waals surface area contributed by atoms with Crippen molar-refractivity contribution in [2.45, 2.75) is 11.8 Å². The number of carbonyl (C=O) groups excluding carboxylic acids is 1. The van der Waals surface area contributed by atoms with Gasteiger partial charge in [-0.1, -0.05) is 11.6 Å². The molecule has 1 aromatic rings. The van der Waals surface area contributed by atoms with Gasteiger partial charge in [-0.3, -0.25) is 0 Å². The van der Waals surface area contributed by atoms with Crippen LogP contribution in [0.5, 0.6) is 5.75 Å². The largest absolute Gasteiger partial charge is 0.504 e. The molecule has 7 nitrogen and oxygen atoms in total. The number of primary sulfonamides is 1. The van der Waals surface area contributed by atoms with E-state index in [-0.39, 0.29) is 10.7 Å². The SMILES string of the molecule is CCNC(=O)Nc1ccc(Cl)c(S(N)(=O)=O)c1O. The molecule has 0 aromatic heterocycles. The predicted octanol–water partition coefficient (Wildman–Crippen LogP) is 0.834. The van der Waals surface area contributed by atoms with Crippen LogP contribution in [0.3, 0.4) is 0 Å². The topological polar surface area (TPSA) is 122 Å². The number of carbonyl (C=O) groups is 1. The molecule has 0 bridgehead atoms. The molecule has 1 aromatic carbocycles. The van der Waals surface area contributed by atoms with Gasteiger partial charge >= 0.3 is 6.03 Å². The van der Waals surface area contributed by atoms with Crippen molar-refractivity contribution < 1.29 is 18.3 Å². The number of anilines is 1. The zero-order chi connectivity index (χ0) is 13.9. The van der Waals surface area contributed by atoms with Crippen LogP contribution in [0.2, 0.25) is 5.02 Å². The number of phenolic OH excluding ortho intramolecular Hbond substituents is 1. The molecule has 2 amide bonds. The molecule has 18 heavy (non-hydrogen) atoms.